The molecule has 2 aromatic rings. The molecule has 0 heterocycles. The highest BCUT2D eigenvalue weighted by molar-refractivity contribution is 9.10. The normalized spacial score (nSPS) is 10.1. The Morgan fingerprint density at radius 1 is 1.14 bits per heavy atom. The second-order valence-electron chi connectivity index (χ2n) is 2.82. The molecule has 1 radical (unpaired) electrons. The van der Waals surface area contributed by atoms with Crippen LogP contribution in [0, 0.1) is 0 Å². The lowest BCUT2D eigenvalue weighted by Gasteiger charge is -2.07. The third-order valence-corrected chi connectivity index (χ3v) is 2.66. The summed E-state index contributed by atoms with van der Waals surface area (Å²) < 4.78 is 5.95. The zero-order chi connectivity index (χ0) is 9.97. The average molecular weight is 250 g/mol. The van der Waals surface area contributed by atoms with E-state index in [0.29, 0.717) is 13.4 Å². The van der Waals surface area contributed by atoms with E-state index in [4.69, 9.17) is 9.68 Å². The summed E-state index contributed by atoms with van der Waals surface area (Å²) in [5.74, 6) is 0.637. The van der Waals surface area contributed by atoms with E-state index in [2.05, 4.69) is 15.9 Å². The minimum absolute atomic E-state index is 0.637. The summed E-state index contributed by atoms with van der Waals surface area (Å²) in [7, 11) is 0.689. The summed E-state index contributed by atoms with van der Waals surface area (Å²) in [6.45, 7) is 0. The van der Waals surface area contributed by atoms with Crippen molar-refractivity contribution in [2.24, 2.45) is 0 Å². The Morgan fingerprint density at radius 2 is 1.86 bits per heavy atom. The second kappa shape index (κ2) is 4.03. The van der Waals surface area contributed by atoms with E-state index < -0.39 is 0 Å². The van der Waals surface area contributed by atoms with Crippen molar-refractivity contribution in [1.82, 2.24) is 0 Å². The highest BCUT2D eigenvalue weighted by Gasteiger charge is 2.04. The predicted molar refractivity (Wildman–Crippen MR) is 60.2 cm³/mol. The minimum atomic E-state index is 0.637. The van der Waals surface area contributed by atoms with Crippen LogP contribution in [0.5, 0.6) is 5.75 Å². The minimum Gasteiger partial charge on any atom is -0.537 e. The van der Waals surface area contributed by atoms with Crippen molar-refractivity contribution >= 4 is 34.4 Å². The van der Waals surface area contributed by atoms with E-state index in [1.54, 1.807) is 6.07 Å². The topological polar surface area (TPSA) is 29.5 Å². The standard InChI is InChI=1S/C10H7BBrO2/c12-8-5-1-3-7-4-2-6-9(10(7)8)14-11-13/h1-6,13H. The van der Waals surface area contributed by atoms with E-state index in [0.717, 1.165) is 15.2 Å². The van der Waals surface area contributed by atoms with Gasteiger partial charge in [-0.25, -0.2) is 0 Å². The van der Waals surface area contributed by atoms with Crippen LogP contribution in [0.3, 0.4) is 0 Å². The van der Waals surface area contributed by atoms with Crippen molar-refractivity contribution in [3.8, 4) is 5.75 Å². The van der Waals surface area contributed by atoms with Gasteiger partial charge in [-0.2, -0.15) is 0 Å². The van der Waals surface area contributed by atoms with Gasteiger partial charge in [-0.1, -0.05) is 40.2 Å². The first-order valence-corrected chi connectivity index (χ1v) is 4.92. The number of hydrogen-bond donors (Lipinski definition) is 1. The molecule has 4 heteroatoms. The van der Waals surface area contributed by atoms with Gasteiger partial charge in [0.1, 0.15) is 5.75 Å². The van der Waals surface area contributed by atoms with Crippen molar-refractivity contribution in [3.05, 3.63) is 40.9 Å². The zero-order valence-corrected chi connectivity index (χ0v) is 8.86. The van der Waals surface area contributed by atoms with Crippen molar-refractivity contribution in [1.29, 1.82) is 0 Å². The van der Waals surface area contributed by atoms with Crippen molar-refractivity contribution in [2.75, 3.05) is 0 Å². The van der Waals surface area contributed by atoms with Crippen molar-refractivity contribution in [3.63, 3.8) is 0 Å². The Kier molecular flexibility index (Phi) is 2.75. The molecular weight excluding hydrogens is 243 g/mol. The molecule has 69 valence electrons. The van der Waals surface area contributed by atoms with E-state index in [1.807, 2.05) is 30.3 Å². The van der Waals surface area contributed by atoms with Crippen LogP contribution in [-0.4, -0.2) is 12.7 Å². The molecule has 1 N–H and O–H groups in total. The highest BCUT2D eigenvalue weighted by atomic mass is 79.9. The smallest absolute Gasteiger partial charge is 0.537 e. The fourth-order valence-electron chi connectivity index (χ4n) is 1.42. The maximum atomic E-state index is 8.61. The van der Waals surface area contributed by atoms with Crippen molar-refractivity contribution < 1.29 is 9.68 Å². The van der Waals surface area contributed by atoms with Gasteiger partial charge in [0, 0.05) is 9.86 Å². The maximum absolute atomic E-state index is 8.61. The lowest BCUT2D eigenvalue weighted by molar-refractivity contribution is 0.456. The Balaban J connectivity index is 2.71. The molecule has 0 aliphatic heterocycles. The van der Waals surface area contributed by atoms with Gasteiger partial charge in [0.15, 0.2) is 0 Å². The molecule has 0 saturated carbocycles. The molecule has 0 bridgehead atoms. The number of benzene rings is 2. The fourth-order valence-corrected chi connectivity index (χ4v) is 1.99. The Hall–Kier alpha value is -0.995. The van der Waals surface area contributed by atoms with Gasteiger partial charge < -0.3 is 9.68 Å². The molecular formula is C10H7BBrO2. The predicted octanol–water partition coefficient (Wildman–Crippen LogP) is 2.51. The Labute approximate surface area is 90.9 Å². The molecule has 2 nitrogen and oxygen atoms in total. The summed E-state index contributed by atoms with van der Waals surface area (Å²) >= 11 is 3.44. The summed E-state index contributed by atoms with van der Waals surface area (Å²) in [6, 6.07) is 11.6. The molecule has 2 rings (SSSR count). The van der Waals surface area contributed by atoms with Crippen LogP contribution in [0.15, 0.2) is 40.9 Å². The average Bonchev–Trinajstić information content (AvgIpc) is 2.19. The van der Waals surface area contributed by atoms with Crippen LogP contribution in [0.4, 0.5) is 0 Å². The molecule has 0 saturated heterocycles. The van der Waals surface area contributed by atoms with Gasteiger partial charge in [0.2, 0.25) is 0 Å². The summed E-state index contributed by atoms with van der Waals surface area (Å²) in [5.41, 5.74) is 0. The molecule has 0 aliphatic carbocycles. The molecule has 0 aromatic heterocycles. The molecule has 0 spiro atoms. The van der Waals surface area contributed by atoms with Crippen LogP contribution in [0.2, 0.25) is 0 Å². The van der Waals surface area contributed by atoms with Crippen LogP contribution in [-0.2, 0) is 0 Å². The monoisotopic (exact) mass is 249 g/mol. The fraction of sp³-hybridized carbons (Fsp3) is 0. The third-order valence-electron chi connectivity index (χ3n) is 2.00. The van der Waals surface area contributed by atoms with Gasteiger partial charge >= 0.3 is 7.69 Å². The first-order valence-electron chi connectivity index (χ1n) is 4.13. The highest BCUT2D eigenvalue weighted by Crippen LogP contribution is 2.31. The van der Waals surface area contributed by atoms with Gasteiger partial charge in [0.05, 0.1) is 0 Å². The van der Waals surface area contributed by atoms with Gasteiger partial charge in [-0.3, -0.25) is 0 Å². The summed E-state index contributed by atoms with van der Waals surface area (Å²) in [4.78, 5) is 0. The van der Waals surface area contributed by atoms with E-state index in [1.165, 1.54) is 0 Å². The van der Waals surface area contributed by atoms with E-state index >= 15 is 0 Å². The summed E-state index contributed by atoms with van der Waals surface area (Å²) in [6.07, 6.45) is 0. The molecule has 0 atom stereocenters. The van der Waals surface area contributed by atoms with E-state index in [-0.39, 0.29) is 0 Å². The first kappa shape index (κ1) is 9.56. The number of hydrogen-bond acceptors (Lipinski definition) is 2. The number of halogens is 1. The molecule has 0 aliphatic rings. The number of rotatable bonds is 2. The molecule has 0 fully saturated rings. The lowest BCUT2D eigenvalue weighted by Crippen LogP contribution is -2.00. The summed E-state index contributed by atoms with van der Waals surface area (Å²) in [5, 5.41) is 10.6. The largest absolute Gasteiger partial charge is 0.569 e. The quantitative estimate of drug-likeness (QED) is 0.829. The molecule has 0 unspecified atom stereocenters. The Bertz CT molecular complexity index is 454. The Morgan fingerprint density at radius 3 is 2.57 bits per heavy atom. The first-order chi connectivity index (χ1) is 6.83. The second-order valence-corrected chi connectivity index (χ2v) is 3.67. The van der Waals surface area contributed by atoms with Crippen LogP contribution in [0.1, 0.15) is 0 Å². The van der Waals surface area contributed by atoms with Crippen LogP contribution in [0.25, 0.3) is 10.8 Å². The lowest BCUT2D eigenvalue weighted by atomic mass is 10.1. The zero-order valence-electron chi connectivity index (χ0n) is 7.27. The van der Waals surface area contributed by atoms with Crippen LogP contribution >= 0.6 is 15.9 Å². The molecule has 0 amide bonds. The third kappa shape index (κ3) is 1.63. The maximum Gasteiger partial charge on any atom is 0.569 e. The SMILES string of the molecule is O[B]Oc1cccc2cccc(Br)c12. The number of fused-ring (bicyclic) bond motifs is 1. The molecule has 2 aromatic carbocycles. The molecule has 14 heavy (non-hydrogen) atoms. The van der Waals surface area contributed by atoms with Crippen LogP contribution < -0.4 is 4.65 Å². The van der Waals surface area contributed by atoms with Gasteiger partial charge in [0.25, 0.3) is 0 Å². The van der Waals surface area contributed by atoms with E-state index in [9.17, 15) is 0 Å². The van der Waals surface area contributed by atoms with Crippen molar-refractivity contribution in [2.45, 2.75) is 0 Å². The van der Waals surface area contributed by atoms with Gasteiger partial charge in [-0.05, 0) is 17.5 Å². The van der Waals surface area contributed by atoms with Gasteiger partial charge in [-0.15, -0.1) is 0 Å².